The molecular weight excluding hydrogens is 409 g/mol. The molecule has 1 unspecified atom stereocenters. The van der Waals surface area contributed by atoms with E-state index in [1.54, 1.807) is 19.1 Å². The minimum atomic E-state index is -0.575. The Kier molecular flexibility index (Phi) is 9.62. The summed E-state index contributed by atoms with van der Waals surface area (Å²) in [7, 11) is 0. The first-order valence-electron chi connectivity index (χ1n) is 12.3. The zero-order chi connectivity index (χ0) is 22.8. The van der Waals surface area contributed by atoms with Crippen LogP contribution in [-0.4, -0.2) is 49.7 Å². The predicted octanol–water partition coefficient (Wildman–Crippen LogP) is 5.57. The molecule has 1 aliphatic carbocycles. The van der Waals surface area contributed by atoms with Crippen LogP contribution in [0.5, 0.6) is 0 Å². The average molecular weight is 448 g/mol. The monoisotopic (exact) mass is 447 g/mol. The predicted molar refractivity (Wildman–Crippen MR) is 125 cm³/mol. The van der Waals surface area contributed by atoms with Crippen LogP contribution >= 0.6 is 0 Å². The number of nitrogens with zero attached hydrogens (tertiary/aromatic N) is 2. The highest BCUT2D eigenvalue weighted by molar-refractivity contribution is 5.84. The smallest absolute Gasteiger partial charge is 0.411 e. The van der Waals surface area contributed by atoms with Gasteiger partial charge in [0, 0.05) is 31.4 Å². The van der Waals surface area contributed by atoms with Crippen molar-refractivity contribution >= 4 is 23.9 Å². The molecule has 1 heterocycles. The lowest BCUT2D eigenvalue weighted by Gasteiger charge is -2.35. The average Bonchev–Trinajstić information content (AvgIpc) is 2.80. The molecule has 2 fully saturated rings. The number of amides is 2. The number of halogens is 1. The molecule has 3 rings (SSSR count). The van der Waals surface area contributed by atoms with Gasteiger partial charge in [-0.25, -0.2) is 9.18 Å². The van der Waals surface area contributed by atoms with E-state index in [1.165, 1.54) is 31.7 Å². The van der Waals surface area contributed by atoms with E-state index < -0.39 is 6.09 Å². The van der Waals surface area contributed by atoms with Crippen LogP contribution in [0.15, 0.2) is 18.2 Å². The first-order valence-corrected chi connectivity index (χ1v) is 12.3. The van der Waals surface area contributed by atoms with E-state index >= 15 is 0 Å². The van der Waals surface area contributed by atoms with Crippen LogP contribution in [0, 0.1) is 11.7 Å². The van der Waals surface area contributed by atoms with Crippen molar-refractivity contribution in [3.05, 3.63) is 24.0 Å². The minimum absolute atomic E-state index is 0.273. The number of unbranched alkanes of at least 4 members (excludes halogenated alkanes) is 1. The van der Waals surface area contributed by atoms with Crippen LogP contribution in [0.25, 0.3) is 0 Å². The molecule has 1 saturated heterocycles. The third-order valence-electron chi connectivity index (χ3n) is 6.79. The molecule has 1 saturated carbocycles. The molecule has 0 aromatic heterocycles. The van der Waals surface area contributed by atoms with Crippen LogP contribution < -0.4 is 10.2 Å². The Balaban J connectivity index is 1.44. The van der Waals surface area contributed by atoms with Gasteiger partial charge < -0.3 is 14.5 Å². The van der Waals surface area contributed by atoms with Gasteiger partial charge in [-0.3, -0.25) is 10.1 Å². The van der Waals surface area contributed by atoms with E-state index in [4.69, 9.17) is 4.74 Å². The zero-order valence-corrected chi connectivity index (χ0v) is 19.4. The van der Waals surface area contributed by atoms with E-state index in [-0.39, 0.29) is 12.4 Å². The summed E-state index contributed by atoms with van der Waals surface area (Å²) in [5.41, 5.74) is 0.990. The maximum atomic E-state index is 14.7. The molecular formula is C25H38FN3O3. The highest BCUT2D eigenvalue weighted by Gasteiger charge is 2.23. The number of ether oxygens (including phenoxy) is 1. The Labute approximate surface area is 191 Å². The van der Waals surface area contributed by atoms with E-state index in [0.717, 1.165) is 64.6 Å². The highest BCUT2D eigenvalue weighted by atomic mass is 19.1. The first kappa shape index (κ1) is 24.3. The lowest BCUT2D eigenvalue weighted by Crippen LogP contribution is -2.37. The Hall–Kier alpha value is -2.31. The summed E-state index contributed by atoms with van der Waals surface area (Å²) < 4.78 is 19.6. The number of carbonyl (C=O) groups is 2. The summed E-state index contributed by atoms with van der Waals surface area (Å²) in [6, 6.07) is 5.26. The second-order valence-corrected chi connectivity index (χ2v) is 9.10. The molecule has 0 spiro atoms. The van der Waals surface area contributed by atoms with Gasteiger partial charge in [0.05, 0.1) is 12.3 Å². The van der Waals surface area contributed by atoms with E-state index in [9.17, 15) is 14.0 Å². The van der Waals surface area contributed by atoms with Gasteiger partial charge in [-0.1, -0.05) is 25.7 Å². The van der Waals surface area contributed by atoms with Gasteiger partial charge in [-0.05, 0) is 69.6 Å². The maximum absolute atomic E-state index is 14.7. The fourth-order valence-corrected chi connectivity index (χ4v) is 5.11. The Bertz CT molecular complexity index is 739. The van der Waals surface area contributed by atoms with Gasteiger partial charge in [-0.15, -0.1) is 0 Å². The third-order valence-corrected chi connectivity index (χ3v) is 6.79. The third kappa shape index (κ3) is 7.10. The standard InChI is InChI=1S/C25H38FN3O3/c1-2-32-25(31)27-21-13-14-24(23(26)17-21)28-16-8-10-20(18-28)9-6-7-15-29(19-30)22-11-4-3-5-12-22/h13-14,17,19-20,22H,2-12,15-16,18H2,1H3,(H,27,31). The molecule has 32 heavy (non-hydrogen) atoms. The summed E-state index contributed by atoms with van der Waals surface area (Å²) >= 11 is 0. The Morgan fingerprint density at radius 1 is 1.22 bits per heavy atom. The SMILES string of the molecule is CCOC(=O)Nc1ccc(N2CCCC(CCCCN(C=O)C3CCCCC3)C2)c(F)c1. The molecule has 7 heteroatoms. The summed E-state index contributed by atoms with van der Waals surface area (Å²) in [6.45, 7) is 4.55. The molecule has 0 radical (unpaired) electrons. The molecule has 2 aliphatic rings. The number of hydrogen-bond acceptors (Lipinski definition) is 4. The van der Waals surface area contributed by atoms with Crippen LogP contribution in [0.2, 0.25) is 0 Å². The summed E-state index contributed by atoms with van der Waals surface area (Å²) in [5.74, 6) is 0.217. The van der Waals surface area contributed by atoms with Gasteiger partial charge in [-0.2, -0.15) is 0 Å². The lowest BCUT2D eigenvalue weighted by molar-refractivity contribution is -0.120. The molecule has 1 aliphatic heterocycles. The molecule has 1 aromatic carbocycles. The normalized spacial score (nSPS) is 19.4. The van der Waals surface area contributed by atoms with Crippen LogP contribution in [0.4, 0.5) is 20.6 Å². The van der Waals surface area contributed by atoms with Crippen LogP contribution in [0.1, 0.15) is 71.1 Å². The molecule has 0 bridgehead atoms. The highest BCUT2D eigenvalue weighted by Crippen LogP contribution is 2.30. The molecule has 1 N–H and O–H groups in total. The second kappa shape index (κ2) is 12.7. The number of piperidine rings is 1. The van der Waals surface area contributed by atoms with Crippen molar-refractivity contribution in [2.45, 2.75) is 77.2 Å². The van der Waals surface area contributed by atoms with Crippen molar-refractivity contribution in [2.24, 2.45) is 5.92 Å². The van der Waals surface area contributed by atoms with Crippen molar-refractivity contribution in [1.82, 2.24) is 4.90 Å². The van der Waals surface area contributed by atoms with E-state index in [1.807, 2.05) is 4.90 Å². The summed E-state index contributed by atoms with van der Waals surface area (Å²) in [5, 5.41) is 2.55. The van der Waals surface area contributed by atoms with Gasteiger partial charge in [0.25, 0.3) is 0 Å². The topological polar surface area (TPSA) is 61.9 Å². The van der Waals surface area contributed by atoms with Gasteiger partial charge in [0.1, 0.15) is 5.82 Å². The number of hydrogen-bond donors (Lipinski definition) is 1. The molecule has 2 amide bonds. The molecule has 1 atom stereocenters. The van der Waals surface area contributed by atoms with Crippen LogP contribution in [-0.2, 0) is 9.53 Å². The lowest BCUT2D eigenvalue weighted by atomic mass is 9.92. The van der Waals surface area contributed by atoms with E-state index in [0.29, 0.717) is 23.3 Å². The largest absolute Gasteiger partial charge is 0.450 e. The fraction of sp³-hybridized carbons (Fsp3) is 0.680. The van der Waals surface area contributed by atoms with Crippen molar-refractivity contribution in [3.8, 4) is 0 Å². The summed E-state index contributed by atoms with van der Waals surface area (Å²) in [4.78, 5) is 27.2. The van der Waals surface area contributed by atoms with Crippen molar-refractivity contribution in [1.29, 1.82) is 0 Å². The maximum Gasteiger partial charge on any atom is 0.411 e. The van der Waals surface area contributed by atoms with Gasteiger partial charge >= 0.3 is 6.09 Å². The summed E-state index contributed by atoms with van der Waals surface area (Å²) in [6.07, 6.45) is 12.0. The number of benzene rings is 1. The second-order valence-electron chi connectivity index (χ2n) is 9.10. The number of nitrogens with one attached hydrogen (secondary N) is 1. The van der Waals surface area contributed by atoms with Crippen molar-refractivity contribution < 1.29 is 18.7 Å². The van der Waals surface area contributed by atoms with Gasteiger partial charge in [0.15, 0.2) is 0 Å². The Morgan fingerprint density at radius 3 is 2.75 bits per heavy atom. The number of carbonyl (C=O) groups excluding carboxylic acids is 2. The van der Waals surface area contributed by atoms with E-state index in [2.05, 4.69) is 10.2 Å². The number of anilines is 2. The minimum Gasteiger partial charge on any atom is -0.450 e. The van der Waals surface area contributed by atoms with Gasteiger partial charge in [0.2, 0.25) is 6.41 Å². The Morgan fingerprint density at radius 2 is 2.03 bits per heavy atom. The van der Waals surface area contributed by atoms with Crippen LogP contribution in [0.3, 0.4) is 0 Å². The zero-order valence-electron chi connectivity index (χ0n) is 19.4. The molecule has 1 aromatic rings. The van der Waals surface area contributed by atoms with Crippen molar-refractivity contribution in [2.75, 3.05) is 36.5 Å². The first-order chi connectivity index (χ1) is 15.6. The molecule has 6 nitrogen and oxygen atoms in total. The molecule has 178 valence electrons. The number of rotatable bonds is 10. The quantitative estimate of drug-likeness (QED) is 0.376. The van der Waals surface area contributed by atoms with Crippen molar-refractivity contribution in [3.63, 3.8) is 0 Å². The fourth-order valence-electron chi connectivity index (χ4n) is 5.11.